The quantitative estimate of drug-likeness (QED) is 0.712. The van der Waals surface area contributed by atoms with Gasteiger partial charge in [0.1, 0.15) is 4.47 Å². The van der Waals surface area contributed by atoms with Gasteiger partial charge in [0.2, 0.25) is 0 Å². The van der Waals surface area contributed by atoms with Gasteiger partial charge < -0.3 is 16.2 Å². The third-order valence-corrected chi connectivity index (χ3v) is 4.88. The summed E-state index contributed by atoms with van der Waals surface area (Å²) in [6.45, 7) is 0.622. The summed E-state index contributed by atoms with van der Waals surface area (Å²) in [6, 6.07) is 0.163. The SMILES string of the molecule is NCC(Nc1cnn(CCO)c(=O)c1Br)C1CCCCC1. The van der Waals surface area contributed by atoms with E-state index >= 15 is 0 Å². The van der Waals surface area contributed by atoms with E-state index in [0.717, 1.165) is 0 Å². The maximum atomic E-state index is 12.1. The molecule has 1 aliphatic carbocycles. The van der Waals surface area contributed by atoms with Crippen molar-refractivity contribution in [1.29, 1.82) is 0 Å². The summed E-state index contributed by atoms with van der Waals surface area (Å²) in [5.74, 6) is 0.551. The van der Waals surface area contributed by atoms with Gasteiger partial charge in [0.15, 0.2) is 0 Å². The highest BCUT2D eigenvalue weighted by atomic mass is 79.9. The van der Waals surface area contributed by atoms with Crippen LogP contribution in [-0.2, 0) is 6.54 Å². The van der Waals surface area contributed by atoms with Crippen LogP contribution >= 0.6 is 15.9 Å². The molecule has 1 aromatic heterocycles. The van der Waals surface area contributed by atoms with Crippen LogP contribution in [0.4, 0.5) is 5.69 Å². The predicted molar refractivity (Wildman–Crippen MR) is 86.3 cm³/mol. The van der Waals surface area contributed by atoms with Crippen molar-refractivity contribution in [1.82, 2.24) is 9.78 Å². The van der Waals surface area contributed by atoms with Gasteiger partial charge in [-0.1, -0.05) is 19.3 Å². The number of anilines is 1. The van der Waals surface area contributed by atoms with Crippen LogP contribution in [-0.4, -0.2) is 34.1 Å². The zero-order valence-electron chi connectivity index (χ0n) is 12.1. The molecule has 4 N–H and O–H groups in total. The topological polar surface area (TPSA) is 93.2 Å². The highest BCUT2D eigenvalue weighted by molar-refractivity contribution is 9.10. The molecule has 2 rings (SSSR count). The van der Waals surface area contributed by atoms with Gasteiger partial charge in [-0.2, -0.15) is 5.10 Å². The number of nitrogens with zero attached hydrogens (tertiary/aromatic N) is 2. The van der Waals surface area contributed by atoms with Gasteiger partial charge in [0.05, 0.1) is 25.0 Å². The van der Waals surface area contributed by atoms with E-state index in [1.165, 1.54) is 36.8 Å². The molecule has 21 heavy (non-hydrogen) atoms. The van der Waals surface area contributed by atoms with Crippen molar-refractivity contribution in [3.8, 4) is 0 Å². The van der Waals surface area contributed by atoms with Crippen molar-refractivity contribution in [2.45, 2.75) is 44.7 Å². The molecule has 0 radical (unpaired) electrons. The Bertz CT molecular complexity index is 514. The van der Waals surface area contributed by atoms with E-state index in [0.29, 0.717) is 22.6 Å². The van der Waals surface area contributed by atoms with Crippen molar-refractivity contribution in [2.75, 3.05) is 18.5 Å². The Balaban J connectivity index is 2.13. The summed E-state index contributed by atoms with van der Waals surface area (Å²) in [5, 5.41) is 16.3. The summed E-state index contributed by atoms with van der Waals surface area (Å²) in [5.41, 5.74) is 6.34. The Labute approximate surface area is 132 Å². The Morgan fingerprint density at radius 3 is 2.81 bits per heavy atom. The standard InChI is InChI=1S/C14H23BrN4O2/c15-13-12(9-17-19(6-7-20)14(13)21)18-11(8-16)10-4-2-1-3-5-10/h9-11,18,20H,1-8,16H2. The molecular formula is C14H23BrN4O2. The summed E-state index contributed by atoms with van der Waals surface area (Å²) in [6.07, 6.45) is 7.78. The molecule has 6 nitrogen and oxygen atoms in total. The van der Waals surface area contributed by atoms with Gasteiger partial charge >= 0.3 is 0 Å². The second kappa shape index (κ2) is 7.91. The smallest absolute Gasteiger partial charge is 0.283 e. The van der Waals surface area contributed by atoms with Crippen molar-refractivity contribution in [3.63, 3.8) is 0 Å². The van der Waals surface area contributed by atoms with Crippen LogP contribution in [0.5, 0.6) is 0 Å². The molecule has 1 heterocycles. The molecule has 0 aromatic carbocycles. The first kappa shape index (κ1) is 16.5. The normalized spacial score (nSPS) is 17.7. The molecule has 1 aromatic rings. The first-order chi connectivity index (χ1) is 10.2. The molecule has 0 spiro atoms. The van der Waals surface area contributed by atoms with Crippen molar-refractivity contribution in [3.05, 3.63) is 21.0 Å². The molecule has 118 valence electrons. The Hall–Kier alpha value is -0.920. The minimum absolute atomic E-state index is 0.111. The van der Waals surface area contributed by atoms with Crippen LogP contribution in [0.2, 0.25) is 0 Å². The maximum absolute atomic E-state index is 12.1. The monoisotopic (exact) mass is 358 g/mol. The van der Waals surface area contributed by atoms with E-state index in [2.05, 4.69) is 26.3 Å². The van der Waals surface area contributed by atoms with E-state index in [4.69, 9.17) is 10.8 Å². The molecule has 0 aliphatic heterocycles. The number of hydrogen-bond donors (Lipinski definition) is 3. The zero-order chi connectivity index (χ0) is 15.2. The summed E-state index contributed by atoms with van der Waals surface area (Å²) in [7, 11) is 0. The number of nitrogens with two attached hydrogens (primary N) is 1. The molecule has 0 amide bonds. The van der Waals surface area contributed by atoms with E-state index in [9.17, 15) is 4.79 Å². The lowest BCUT2D eigenvalue weighted by molar-refractivity contribution is 0.266. The van der Waals surface area contributed by atoms with Crippen LogP contribution < -0.4 is 16.6 Å². The first-order valence-corrected chi connectivity index (χ1v) is 8.29. The van der Waals surface area contributed by atoms with Gasteiger partial charge in [-0.25, -0.2) is 4.68 Å². The second-order valence-electron chi connectivity index (χ2n) is 5.51. The highest BCUT2D eigenvalue weighted by Gasteiger charge is 2.23. The van der Waals surface area contributed by atoms with Gasteiger partial charge in [0, 0.05) is 12.6 Å². The van der Waals surface area contributed by atoms with E-state index in [1.807, 2.05) is 0 Å². The number of nitrogens with one attached hydrogen (secondary N) is 1. The number of hydrogen-bond acceptors (Lipinski definition) is 5. The van der Waals surface area contributed by atoms with Crippen LogP contribution in [0, 0.1) is 5.92 Å². The third kappa shape index (κ3) is 4.05. The molecule has 7 heteroatoms. The van der Waals surface area contributed by atoms with Crippen molar-refractivity contribution in [2.24, 2.45) is 11.7 Å². The van der Waals surface area contributed by atoms with Gasteiger partial charge in [-0.3, -0.25) is 4.79 Å². The largest absolute Gasteiger partial charge is 0.394 e. The van der Waals surface area contributed by atoms with E-state index in [1.54, 1.807) is 6.20 Å². The number of aliphatic hydroxyl groups excluding tert-OH is 1. The lowest BCUT2D eigenvalue weighted by Crippen LogP contribution is -2.38. The molecule has 1 atom stereocenters. The molecule has 1 aliphatic rings. The summed E-state index contributed by atoms with van der Waals surface area (Å²) < 4.78 is 1.69. The number of aliphatic hydroxyl groups is 1. The fourth-order valence-electron chi connectivity index (χ4n) is 2.93. The summed E-state index contributed by atoms with van der Waals surface area (Å²) in [4.78, 5) is 12.1. The minimum Gasteiger partial charge on any atom is -0.394 e. The van der Waals surface area contributed by atoms with Gasteiger partial charge in [0.25, 0.3) is 5.56 Å². The van der Waals surface area contributed by atoms with Crippen molar-refractivity contribution < 1.29 is 5.11 Å². The Morgan fingerprint density at radius 2 is 2.19 bits per heavy atom. The average Bonchev–Trinajstić information content (AvgIpc) is 2.52. The maximum Gasteiger partial charge on any atom is 0.283 e. The lowest BCUT2D eigenvalue weighted by atomic mass is 9.84. The van der Waals surface area contributed by atoms with Crippen LogP contribution in [0.25, 0.3) is 0 Å². The number of rotatable bonds is 6. The zero-order valence-corrected chi connectivity index (χ0v) is 13.7. The summed E-state index contributed by atoms with van der Waals surface area (Å²) >= 11 is 3.32. The van der Waals surface area contributed by atoms with Crippen LogP contribution in [0.1, 0.15) is 32.1 Å². The third-order valence-electron chi connectivity index (χ3n) is 4.11. The lowest BCUT2D eigenvalue weighted by Gasteiger charge is -2.31. The first-order valence-electron chi connectivity index (χ1n) is 7.50. The van der Waals surface area contributed by atoms with E-state index < -0.39 is 0 Å². The minimum atomic E-state index is -0.242. The molecule has 0 saturated heterocycles. The van der Waals surface area contributed by atoms with Crippen LogP contribution in [0.15, 0.2) is 15.5 Å². The number of aromatic nitrogens is 2. The second-order valence-corrected chi connectivity index (χ2v) is 6.30. The molecular weight excluding hydrogens is 336 g/mol. The fraction of sp³-hybridized carbons (Fsp3) is 0.714. The Kier molecular flexibility index (Phi) is 6.20. The van der Waals surface area contributed by atoms with Gasteiger partial charge in [-0.15, -0.1) is 0 Å². The molecule has 1 fully saturated rings. The van der Waals surface area contributed by atoms with Crippen LogP contribution in [0.3, 0.4) is 0 Å². The molecule has 1 unspecified atom stereocenters. The average molecular weight is 359 g/mol. The van der Waals surface area contributed by atoms with Crippen molar-refractivity contribution >= 4 is 21.6 Å². The highest BCUT2D eigenvalue weighted by Crippen LogP contribution is 2.28. The van der Waals surface area contributed by atoms with Gasteiger partial charge in [-0.05, 0) is 34.7 Å². The van der Waals surface area contributed by atoms with E-state index in [-0.39, 0.29) is 24.8 Å². The molecule has 0 bridgehead atoms. The Morgan fingerprint density at radius 1 is 1.48 bits per heavy atom. The predicted octanol–water partition coefficient (Wildman–Crippen LogP) is 1.32. The number of halogens is 1. The fourth-order valence-corrected chi connectivity index (χ4v) is 3.35. The molecule has 1 saturated carbocycles.